The van der Waals surface area contributed by atoms with Gasteiger partial charge in [0.15, 0.2) is 0 Å². The average molecular weight is 321 g/mol. The van der Waals surface area contributed by atoms with E-state index in [1.54, 1.807) is 6.92 Å². The third-order valence-electron chi connectivity index (χ3n) is 3.68. The first-order valence-corrected chi connectivity index (χ1v) is 7.91. The van der Waals surface area contributed by atoms with E-state index in [9.17, 15) is 9.59 Å². The molecule has 0 bridgehead atoms. The molecule has 22 heavy (non-hydrogen) atoms. The molecular weight excluding hydrogens is 300 g/mol. The van der Waals surface area contributed by atoms with Gasteiger partial charge in [0.2, 0.25) is 11.8 Å². The van der Waals surface area contributed by atoms with Crippen molar-refractivity contribution < 1.29 is 9.59 Å². The van der Waals surface area contributed by atoms with Crippen molar-refractivity contribution in [3.05, 3.63) is 47.0 Å². The summed E-state index contributed by atoms with van der Waals surface area (Å²) in [5, 5.41) is 6.48. The summed E-state index contributed by atoms with van der Waals surface area (Å²) < 4.78 is 0. The molecule has 0 fully saturated rings. The Labute approximate surface area is 135 Å². The van der Waals surface area contributed by atoms with Crippen LogP contribution in [0, 0.1) is 5.92 Å². The van der Waals surface area contributed by atoms with Crippen LogP contribution in [-0.4, -0.2) is 18.4 Å². The van der Waals surface area contributed by atoms with Crippen LogP contribution in [0.25, 0.3) is 0 Å². The Bertz CT molecular complexity index is 572. The number of rotatable bonds is 1. The molecule has 0 saturated heterocycles. The minimum Gasteiger partial charge on any atom is -0.356 e. The van der Waals surface area contributed by atoms with Crippen molar-refractivity contribution in [2.75, 3.05) is 6.54 Å². The van der Waals surface area contributed by atoms with Gasteiger partial charge in [-0.25, -0.2) is 0 Å². The van der Waals surface area contributed by atoms with Gasteiger partial charge in [-0.3, -0.25) is 9.59 Å². The highest BCUT2D eigenvalue weighted by Crippen LogP contribution is 2.22. The first-order chi connectivity index (χ1) is 10.6. The van der Waals surface area contributed by atoms with E-state index in [0.717, 1.165) is 12.0 Å². The maximum absolute atomic E-state index is 12.3. The lowest BCUT2D eigenvalue weighted by atomic mass is 10.0. The highest BCUT2D eigenvalue weighted by molar-refractivity contribution is 6.30. The van der Waals surface area contributed by atoms with Gasteiger partial charge in [0.05, 0.1) is 6.04 Å². The second kappa shape index (κ2) is 7.99. The van der Waals surface area contributed by atoms with Crippen LogP contribution in [0.3, 0.4) is 0 Å². The Morgan fingerprint density at radius 3 is 2.82 bits per heavy atom. The van der Waals surface area contributed by atoms with E-state index >= 15 is 0 Å². The van der Waals surface area contributed by atoms with Crippen LogP contribution >= 0.6 is 11.6 Å². The standard InChI is InChI=1S/C17H21ClN2O2/c1-12-10-16(21)19-9-4-2-3-8-15(20-17(12)22)13-6-5-7-14(18)11-13/h2-3,5-7,11-12,15H,4,8-10H2,1H3,(H,19,21)(H,20,22)/b3-2-/t12-,15+/m0/s1. The molecule has 0 aliphatic carbocycles. The molecule has 1 aliphatic rings. The summed E-state index contributed by atoms with van der Waals surface area (Å²) in [4.78, 5) is 24.0. The van der Waals surface area contributed by atoms with Gasteiger partial charge in [0, 0.05) is 23.9 Å². The molecule has 0 aromatic heterocycles. The van der Waals surface area contributed by atoms with Gasteiger partial charge in [0.25, 0.3) is 0 Å². The van der Waals surface area contributed by atoms with Crippen molar-refractivity contribution in [1.29, 1.82) is 0 Å². The number of carbonyl (C=O) groups excluding carboxylic acids is 2. The predicted molar refractivity (Wildman–Crippen MR) is 87.5 cm³/mol. The van der Waals surface area contributed by atoms with E-state index in [1.807, 2.05) is 36.4 Å². The second-order valence-electron chi connectivity index (χ2n) is 5.57. The molecule has 2 amide bonds. The lowest BCUT2D eigenvalue weighted by Gasteiger charge is -2.21. The fourth-order valence-electron chi connectivity index (χ4n) is 2.40. The predicted octanol–water partition coefficient (Wildman–Crippen LogP) is 2.99. The molecular formula is C17H21ClN2O2. The summed E-state index contributed by atoms with van der Waals surface area (Å²) in [5.41, 5.74) is 0.971. The van der Waals surface area contributed by atoms with Crippen LogP contribution in [0.5, 0.6) is 0 Å². The van der Waals surface area contributed by atoms with Crippen molar-refractivity contribution >= 4 is 23.4 Å². The zero-order valence-electron chi connectivity index (χ0n) is 12.6. The minimum atomic E-state index is -0.356. The summed E-state index contributed by atoms with van der Waals surface area (Å²) in [6, 6.07) is 7.37. The third-order valence-corrected chi connectivity index (χ3v) is 3.91. The number of carbonyl (C=O) groups is 2. The molecule has 118 valence electrons. The summed E-state index contributed by atoms with van der Waals surface area (Å²) >= 11 is 6.04. The SMILES string of the molecule is C[C@H]1CC(=O)NCC/C=C\C[C@H](c2cccc(Cl)c2)NC1=O. The summed E-state index contributed by atoms with van der Waals surface area (Å²) in [5.74, 6) is -0.560. The summed E-state index contributed by atoms with van der Waals surface area (Å²) in [6.45, 7) is 2.37. The largest absolute Gasteiger partial charge is 0.356 e. The van der Waals surface area contributed by atoms with Crippen LogP contribution in [0.4, 0.5) is 0 Å². The number of nitrogens with one attached hydrogen (secondary N) is 2. The Balaban J connectivity index is 2.19. The Morgan fingerprint density at radius 2 is 2.05 bits per heavy atom. The average Bonchev–Trinajstić information content (AvgIpc) is 2.48. The topological polar surface area (TPSA) is 58.2 Å². The monoisotopic (exact) mass is 320 g/mol. The molecule has 0 radical (unpaired) electrons. The van der Waals surface area contributed by atoms with E-state index in [4.69, 9.17) is 11.6 Å². The highest BCUT2D eigenvalue weighted by atomic mass is 35.5. The number of hydrogen-bond acceptors (Lipinski definition) is 2. The normalized spacial score (nSPS) is 25.4. The molecule has 0 spiro atoms. The van der Waals surface area contributed by atoms with Crippen LogP contribution in [0.15, 0.2) is 36.4 Å². The molecule has 1 aromatic rings. The Morgan fingerprint density at radius 1 is 1.23 bits per heavy atom. The van der Waals surface area contributed by atoms with E-state index in [2.05, 4.69) is 10.6 Å². The van der Waals surface area contributed by atoms with Crippen molar-refractivity contribution in [2.24, 2.45) is 5.92 Å². The number of halogens is 1. The molecule has 1 aliphatic heterocycles. The van der Waals surface area contributed by atoms with Crippen LogP contribution in [0.1, 0.15) is 37.8 Å². The van der Waals surface area contributed by atoms with E-state index in [-0.39, 0.29) is 30.2 Å². The van der Waals surface area contributed by atoms with Crippen molar-refractivity contribution in [2.45, 2.75) is 32.2 Å². The van der Waals surface area contributed by atoms with Crippen molar-refractivity contribution in [3.63, 3.8) is 0 Å². The molecule has 2 rings (SSSR count). The van der Waals surface area contributed by atoms with E-state index < -0.39 is 0 Å². The maximum Gasteiger partial charge on any atom is 0.223 e. The van der Waals surface area contributed by atoms with Gasteiger partial charge in [-0.05, 0) is 30.5 Å². The molecule has 2 atom stereocenters. The lowest BCUT2D eigenvalue weighted by Crippen LogP contribution is -2.36. The van der Waals surface area contributed by atoms with Gasteiger partial charge in [0.1, 0.15) is 0 Å². The van der Waals surface area contributed by atoms with Gasteiger partial charge in [-0.1, -0.05) is 42.8 Å². The highest BCUT2D eigenvalue weighted by Gasteiger charge is 2.21. The van der Waals surface area contributed by atoms with Gasteiger partial charge < -0.3 is 10.6 Å². The summed E-state index contributed by atoms with van der Waals surface area (Å²) in [6.07, 6.45) is 5.75. The van der Waals surface area contributed by atoms with Crippen LogP contribution < -0.4 is 10.6 Å². The number of amides is 2. The molecule has 1 heterocycles. The minimum absolute atomic E-state index is 0.0871. The van der Waals surface area contributed by atoms with Gasteiger partial charge in [-0.15, -0.1) is 0 Å². The quantitative estimate of drug-likeness (QED) is 0.782. The number of hydrogen-bond donors (Lipinski definition) is 2. The van der Waals surface area contributed by atoms with E-state index in [1.165, 1.54) is 0 Å². The lowest BCUT2D eigenvalue weighted by molar-refractivity contribution is -0.130. The number of benzene rings is 1. The van der Waals surface area contributed by atoms with Gasteiger partial charge >= 0.3 is 0 Å². The van der Waals surface area contributed by atoms with E-state index in [0.29, 0.717) is 18.0 Å². The molecule has 0 saturated carbocycles. The zero-order valence-corrected chi connectivity index (χ0v) is 13.4. The first kappa shape index (κ1) is 16.6. The Hall–Kier alpha value is -1.81. The molecule has 2 N–H and O–H groups in total. The maximum atomic E-state index is 12.3. The van der Waals surface area contributed by atoms with Crippen LogP contribution in [0.2, 0.25) is 5.02 Å². The van der Waals surface area contributed by atoms with Crippen molar-refractivity contribution in [3.8, 4) is 0 Å². The first-order valence-electron chi connectivity index (χ1n) is 7.54. The smallest absolute Gasteiger partial charge is 0.223 e. The zero-order chi connectivity index (χ0) is 15.9. The third kappa shape index (κ3) is 4.88. The van der Waals surface area contributed by atoms with Crippen LogP contribution in [-0.2, 0) is 9.59 Å². The molecule has 5 heteroatoms. The summed E-state index contributed by atoms with van der Waals surface area (Å²) in [7, 11) is 0. The molecule has 4 nitrogen and oxygen atoms in total. The van der Waals surface area contributed by atoms with Crippen molar-refractivity contribution in [1.82, 2.24) is 10.6 Å². The molecule has 1 aromatic carbocycles. The fraction of sp³-hybridized carbons (Fsp3) is 0.412. The second-order valence-corrected chi connectivity index (χ2v) is 6.00. The Kier molecular flexibility index (Phi) is 6.01. The molecule has 0 unspecified atom stereocenters. The van der Waals surface area contributed by atoms with Gasteiger partial charge in [-0.2, -0.15) is 0 Å². The fourth-order valence-corrected chi connectivity index (χ4v) is 2.60.